The molecule has 0 amide bonds. The first-order chi connectivity index (χ1) is 9.76. The van der Waals surface area contributed by atoms with E-state index in [9.17, 15) is 0 Å². The highest BCUT2D eigenvalue weighted by Gasteiger charge is 2.13. The van der Waals surface area contributed by atoms with Crippen molar-refractivity contribution in [3.8, 4) is 17.1 Å². The van der Waals surface area contributed by atoms with Crippen LogP contribution in [0.15, 0.2) is 28.8 Å². The quantitative estimate of drug-likeness (QED) is 0.841. The number of rotatable bonds is 7. The molecule has 2 aromatic rings. The fourth-order valence-electron chi connectivity index (χ4n) is 2.10. The summed E-state index contributed by atoms with van der Waals surface area (Å²) in [5, 5.41) is 7.31. The van der Waals surface area contributed by atoms with Crippen LogP contribution in [-0.2, 0) is 6.42 Å². The molecule has 0 spiro atoms. The van der Waals surface area contributed by atoms with Crippen LogP contribution < -0.4 is 10.1 Å². The molecule has 0 bridgehead atoms. The van der Waals surface area contributed by atoms with Gasteiger partial charge < -0.3 is 14.6 Å². The summed E-state index contributed by atoms with van der Waals surface area (Å²) in [5.74, 6) is 2.10. The average molecular weight is 275 g/mol. The van der Waals surface area contributed by atoms with Crippen molar-refractivity contribution in [2.45, 2.75) is 32.2 Å². The van der Waals surface area contributed by atoms with Gasteiger partial charge in [0, 0.05) is 18.0 Å². The van der Waals surface area contributed by atoms with Gasteiger partial charge in [0.25, 0.3) is 0 Å². The summed E-state index contributed by atoms with van der Waals surface area (Å²) in [6, 6.07) is 8.01. The van der Waals surface area contributed by atoms with Gasteiger partial charge in [0.05, 0.1) is 7.11 Å². The molecular formula is C15H21N3O2. The molecule has 1 unspecified atom stereocenters. The second-order valence-corrected chi connectivity index (χ2v) is 4.72. The molecule has 1 aromatic carbocycles. The van der Waals surface area contributed by atoms with Crippen molar-refractivity contribution >= 4 is 0 Å². The number of hydrogen-bond acceptors (Lipinski definition) is 5. The molecule has 20 heavy (non-hydrogen) atoms. The second-order valence-electron chi connectivity index (χ2n) is 4.72. The van der Waals surface area contributed by atoms with E-state index in [0.29, 0.717) is 17.8 Å². The van der Waals surface area contributed by atoms with Gasteiger partial charge >= 0.3 is 0 Å². The molecule has 5 heteroatoms. The summed E-state index contributed by atoms with van der Waals surface area (Å²) in [6.07, 6.45) is 2.98. The van der Waals surface area contributed by atoms with Gasteiger partial charge in [-0.15, -0.1) is 0 Å². The van der Waals surface area contributed by atoms with Crippen LogP contribution in [0, 0.1) is 0 Å². The smallest absolute Gasteiger partial charge is 0.228 e. The predicted octanol–water partition coefficient (Wildman–Crippen LogP) is 2.68. The lowest BCUT2D eigenvalue weighted by molar-refractivity contribution is 0.356. The van der Waals surface area contributed by atoms with E-state index in [4.69, 9.17) is 9.26 Å². The summed E-state index contributed by atoms with van der Waals surface area (Å²) in [5.41, 5.74) is 0.928. The third-order valence-corrected chi connectivity index (χ3v) is 3.28. The fourth-order valence-corrected chi connectivity index (χ4v) is 2.10. The first kappa shape index (κ1) is 14.5. The molecule has 5 nitrogen and oxygen atoms in total. The highest BCUT2D eigenvalue weighted by molar-refractivity contribution is 5.55. The van der Waals surface area contributed by atoms with Crippen molar-refractivity contribution in [3.05, 3.63) is 30.2 Å². The predicted molar refractivity (Wildman–Crippen MR) is 77.7 cm³/mol. The van der Waals surface area contributed by atoms with Crippen molar-refractivity contribution in [2.75, 3.05) is 14.2 Å². The van der Waals surface area contributed by atoms with Crippen LogP contribution in [0.5, 0.6) is 5.75 Å². The van der Waals surface area contributed by atoms with E-state index in [1.54, 1.807) is 7.11 Å². The Morgan fingerprint density at radius 3 is 2.65 bits per heavy atom. The molecule has 1 aromatic heterocycles. The van der Waals surface area contributed by atoms with Crippen molar-refractivity contribution in [1.29, 1.82) is 0 Å². The molecule has 1 heterocycles. The molecular weight excluding hydrogens is 254 g/mol. The third kappa shape index (κ3) is 3.57. The maximum absolute atomic E-state index is 5.32. The van der Waals surface area contributed by atoms with Gasteiger partial charge in [-0.3, -0.25) is 0 Å². The number of methoxy groups -OCH3 is 1. The topological polar surface area (TPSA) is 60.2 Å². The highest BCUT2D eigenvalue weighted by Crippen LogP contribution is 2.20. The molecule has 0 aliphatic carbocycles. The van der Waals surface area contributed by atoms with E-state index in [-0.39, 0.29) is 0 Å². The van der Waals surface area contributed by atoms with Crippen LogP contribution in [0.4, 0.5) is 0 Å². The van der Waals surface area contributed by atoms with Gasteiger partial charge in [0.1, 0.15) is 5.75 Å². The van der Waals surface area contributed by atoms with Crippen molar-refractivity contribution < 1.29 is 9.26 Å². The van der Waals surface area contributed by atoms with E-state index in [1.807, 2.05) is 31.3 Å². The molecule has 0 aliphatic rings. The summed E-state index contributed by atoms with van der Waals surface area (Å²) >= 11 is 0. The summed E-state index contributed by atoms with van der Waals surface area (Å²) in [6.45, 7) is 2.17. The van der Waals surface area contributed by atoms with Gasteiger partial charge in [0.2, 0.25) is 11.7 Å². The number of benzene rings is 1. The normalized spacial score (nSPS) is 12.3. The van der Waals surface area contributed by atoms with Crippen LogP contribution in [0.25, 0.3) is 11.4 Å². The Kier molecular flexibility index (Phi) is 5.12. The minimum atomic E-state index is 0.379. The zero-order valence-electron chi connectivity index (χ0n) is 12.2. The zero-order chi connectivity index (χ0) is 14.4. The van der Waals surface area contributed by atoms with Gasteiger partial charge in [-0.2, -0.15) is 4.98 Å². The SMILES string of the molecule is CCCC(Cc1nc(-c2ccc(OC)cc2)no1)NC. The highest BCUT2D eigenvalue weighted by atomic mass is 16.5. The molecule has 0 saturated carbocycles. The molecule has 0 fully saturated rings. The first-order valence-electron chi connectivity index (χ1n) is 6.91. The second kappa shape index (κ2) is 7.05. The van der Waals surface area contributed by atoms with Crippen molar-refractivity contribution in [2.24, 2.45) is 0 Å². The maximum atomic E-state index is 5.32. The molecule has 0 aliphatic heterocycles. The molecule has 0 saturated heterocycles. The lowest BCUT2D eigenvalue weighted by Gasteiger charge is -2.11. The lowest BCUT2D eigenvalue weighted by atomic mass is 10.1. The average Bonchev–Trinajstić information content (AvgIpc) is 2.95. The summed E-state index contributed by atoms with van der Waals surface area (Å²) in [7, 11) is 3.61. The maximum Gasteiger partial charge on any atom is 0.228 e. The largest absolute Gasteiger partial charge is 0.497 e. The summed E-state index contributed by atoms with van der Waals surface area (Å²) < 4.78 is 10.5. The third-order valence-electron chi connectivity index (χ3n) is 3.28. The Morgan fingerprint density at radius 1 is 1.30 bits per heavy atom. The van der Waals surface area contributed by atoms with E-state index >= 15 is 0 Å². The van der Waals surface area contributed by atoms with Gasteiger partial charge in [-0.1, -0.05) is 18.5 Å². The molecule has 108 valence electrons. The Balaban J connectivity index is 2.07. The van der Waals surface area contributed by atoms with Gasteiger partial charge in [-0.25, -0.2) is 0 Å². The number of likely N-dealkylation sites (N-methyl/N-ethyl adjacent to an activating group) is 1. The fraction of sp³-hybridized carbons (Fsp3) is 0.467. The monoisotopic (exact) mass is 275 g/mol. The molecule has 0 radical (unpaired) electrons. The van der Waals surface area contributed by atoms with Crippen LogP contribution in [0.1, 0.15) is 25.7 Å². The number of nitrogens with one attached hydrogen (secondary N) is 1. The van der Waals surface area contributed by atoms with Gasteiger partial charge in [-0.05, 0) is 37.7 Å². The number of nitrogens with zero attached hydrogens (tertiary/aromatic N) is 2. The lowest BCUT2D eigenvalue weighted by Crippen LogP contribution is -2.27. The van der Waals surface area contributed by atoms with Crippen molar-refractivity contribution in [3.63, 3.8) is 0 Å². The van der Waals surface area contributed by atoms with E-state index in [1.165, 1.54) is 0 Å². The van der Waals surface area contributed by atoms with E-state index < -0.39 is 0 Å². The Labute approximate surface area is 119 Å². The number of hydrogen-bond donors (Lipinski definition) is 1. The zero-order valence-corrected chi connectivity index (χ0v) is 12.2. The molecule has 1 atom stereocenters. The van der Waals surface area contributed by atoms with Crippen molar-refractivity contribution in [1.82, 2.24) is 15.5 Å². The van der Waals surface area contributed by atoms with Gasteiger partial charge in [0.15, 0.2) is 0 Å². The first-order valence-corrected chi connectivity index (χ1v) is 6.91. The standard InChI is InChI=1S/C15H21N3O2/c1-4-5-12(16-2)10-14-17-15(18-20-14)11-6-8-13(19-3)9-7-11/h6-9,12,16H,4-5,10H2,1-3H3. The van der Waals surface area contributed by atoms with Crippen LogP contribution >= 0.6 is 0 Å². The number of ether oxygens (including phenoxy) is 1. The van der Waals surface area contributed by atoms with E-state index in [0.717, 1.165) is 30.6 Å². The van der Waals surface area contributed by atoms with Crippen LogP contribution in [0.3, 0.4) is 0 Å². The Hall–Kier alpha value is -1.88. The minimum Gasteiger partial charge on any atom is -0.497 e. The van der Waals surface area contributed by atoms with Crippen LogP contribution in [-0.4, -0.2) is 30.3 Å². The van der Waals surface area contributed by atoms with E-state index in [2.05, 4.69) is 22.4 Å². The Bertz CT molecular complexity index is 522. The molecule has 2 rings (SSSR count). The van der Waals surface area contributed by atoms with Crippen LogP contribution in [0.2, 0.25) is 0 Å². The minimum absolute atomic E-state index is 0.379. The Morgan fingerprint density at radius 2 is 2.05 bits per heavy atom. The molecule has 1 N–H and O–H groups in total. The summed E-state index contributed by atoms with van der Waals surface area (Å²) in [4.78, 5) is 4.45. The number of aromatic nitrogens is 2.